The van der Waals surface area contributed by atoms with Crippen LogP contribution < -0.4 is 5.32 Å². The number of carboxylic acids is 1. The molecular formula is C17H21NO3. The van der Waals surface area contributed by atoms with Crippen LogP contribution in [0.2, 0.25) is 0 Å². The zero-order valence-corrected chi connectivity index (χ0v) is 12.0. The molecule has 4 heteroatoms. The minimum absolute atomic E-state index is 0.0210. The third-order valence-electron chi connectivity index (χ3n) is 4.81. The Morgan fingerprint density at radius 1 is 1.14 bits per heavy atom. The molecule has 1 saturated carbocycles. The van der Waals surface area contributed by atoms with Crippen LogP contribution in [-0.2, 0) is 16.0 Å². The summed E-state index contributed by atoms with van der Waals surface area (Å²) in [6, 6.07) is 8.18. The Balaban J connectivity index is 1.66. The van der Waals surface area contributed by atoms with Gasteiger partial charge in [-0.25, -0.2) is 0 Å². The number of aryl methyl sites for hydroxylation is 1. The minimum atomic E-state index is -0.741. The van der Waals surface area contributed by atoms with E-state index in [1.807, 2.05) is 18.2 Å². The van der Waals surface area contributed by atoms with Crippen molar-refractivity contribution in [2.45, 2.75) is 50.5 Å². The average molecular weight is 287 g/mol. The van der Waals surface area contributed by atoms with Gasteiger partial charge >= 0.3 is 5.97 Å². The van der Waals surface area contributed by atoms with E-state index in [2.05, 4.69) is 11.4 Å². The summed E-state index contributed by atoms with van der Waals surface area (Å²) >= 11 is 0. The Morgan fingerprint density at radius 2 is 1.95 bits per heavy atom. The molecule has 0 aromatic heterocycles. The van der Waals surface area contributed by atoms with Gasteiger partial charge in [-0.1, -0.05) is 24.3 Å². The molecular weight excluding hydrogens is 266 g/mol. The van der Waals surface area contributed by atoms with Crippen LogP contribution in [0.25, 0.3) is 0 Å². The number of carboxylic acid groups (broad SMARTS) is 1. The summed E-state index contributed by atoms with van der Waals surface area (Å²) in [6.45, 7) is 0. The topological polar surface area (TPSA) is 66.4 Å². The number of hydrogen-bond acceptors (Lipinski definition) is 2. The van der Waals surface area contributed by atoms with Crippen molar-refractivity contribution in [3.05, 3.63) is 35.4 Å². The van der Waals surface area contributed by atoms with Crippen LogP contribution in [0.4, 0.5) is 0 Å². The molecule has 4 nitrogen and oxygen atoms in total. The minimum Gasteiger partial charge on any atom is -0.481 e. The first-order valence-corrected chi connectivity index (χ1v) is 7.76. The highest BCUT2D eigenvalue weighted by molar-refractivity contribution is 5.84. The Morgan fingerprint density at radius 3 is 2.71 bits per heavy atom. The van der Waals surface area contributed by atoms with E-state index in [0.29, 0.717) is 12.8 Å². The van der Waals surface area contributed by atoms with Crippen molar-refractivity contribution in [2.24, 2.45) is 5.92 Å². The van der Waals surface area contributed by atoms with Gasteiger partial charge in [0.2, 0.25) is 5.91 Å². The Labute approximate surface area is 124 Å². The number of benzene rings is 1. The molecule has 2 aliphatic rings. The van der Waals surface area contributed by atoms with Crippen molar-refractivity contribution in [1.82, 2.24) is 5.32 Å². The molecule has 2 N–H and O–H groups in total. The van der Waals surface area contributed by atoms with Crippen LogP contribution in [-0.4, -0.2) is 23.0 Å². The predicted octanol–water partition coefficient (Wildman–Crippen LogP) is 2.48. The second-order valence-electron chi connectivity index (χ2n) is 6.20. The van der Waals surface area contributed by atoms with E-state index in [4.69, 9.17) is 5.11 Å². The monoisotopic (exact) mass is 287 g/mol. The first-order chi connectivity index (χ1) is 10.1. The lowest BCUT2D eigenvalue weighted by atomic mass is 9.82. The SMILES string of the molecule is O=C(N[C@H]1CC[C@@H](C(=O)O)C1)C1CCCc2ccccc21. The van der Waals surface area contributed by atoms with Gasteiger partial charge in [-0.05, 0) is 49.7 Å². The molecule has 3 atom stereocenters. The lowest BCUT2D eigenvalue weighted by molar-refractivity contribution is -0.141. The van der Waals surface area contributed by atoms with Crippen LogP contribution in [0.1, 0.15) is 49.1 Å². The van der Waals surface area contributed by atoms with Gasteiger partial charge in [-0.2, -0.15) is 0 Å². The maximum atomic E-state index is 12.5. The molecule has 3 rings (SSSR count). The molecule has 0 heterocycles. The Kier molecular flexibility index (Phi) is 3.95. The summed E-state index contributed by atoms with van der Waals surface area (Å²) in [5.41, 5.74) is 2.42. The second kappa shape index (κ2) is 5.88. The fraction of sp³-hybridized carbons (Fsp3) is 0.529. The summed E-state index contributed by atoms with van der Waals surface area (Å²) in [6.07, 6.45) is 4.98. The van der Waals surface area contributed by atoms with E-state index >= 15 is 0 Å². The quantitative estimate of drug-likeness (QED) is 0.897. The van der Waals surface area contributed by atoms with E-state index in [1.54, 1.807) is 0 Å². The number of aliphatic carboxylic acids is 1. The van der Waals surface area contributed by atoms with E-state index < -0.39 is 5.97 Å². The predicted molar refractivity (Wildman–Crippen MR) is 79.0 cm³/mol. The van der Waals surface area contributed by atoms with Crippen molar-refractivity contribution in [3.8, 4) is 0 Å². The fourth-order valence-electron chi connectivity index (χ4n) is 3.66. The molecule has 0 radical (unpaired) electrons. The maximum absolute atomic E-state index is 12.5. The number of rotatable bonds is 3. The van der Waals surface area contributed by atoms with Crippen LogP contribution in [0.5, 0.6) is 0 Å². The Bertz CT molecular complexity index is 555. The van der Waals surface area contributed by atoms with Gasteiger partial charge in [0.25, 0.3) is 0 Å². The molecule has 1 amide bonds. The lowest BCUT2D eigenvalue weighted by Gasteiger charge is -2.26. The number of carbonyl (C=O) groups is 2. The third-order valence-corrected chi connectivity index (χ3v) is 4.81. The molecule has 2 aliphatic carbocycles. The van der Waals surface area contributed by atoms with Crippen LogP contribution in [0.3, 0.4) is 0 Å². The Hall–Kier alpha value is -1.84. The highest BCUT2D eigenvalue weighted by Crippen LogP contribution is 2.32. The number of amides is 1. The van der Waals surface area contributed by atoms with Crippen LogP contribution >= 0.6 is 0 Å². The van der Waals surface area contributed by atoms with Gasteiger partial charge in [0, 0.05) is 6.04 Å². The second-order valence-corrected chi connectivity index (χ2v) is 6.20. The van der Waals surface area contributed by atoms with Crippen LogP contribution in [0.15, 0.2) is 24.3 Å². The molecule has 0 spiro atoms. The lowest BCUT2D eigenvalue weighted by Crippen LogP contribution is -2.38. The standard InChI is InChI=1S/C17H21NO3/c19-16(18-13-9-8-12(10-13)17(20)21)15-7-3-5-11-4-1-2-6-14(11)15/h1-2,4,6,12-13,15H,3,5,7-10H2,(H,18,19)(H,20,21)/t12-,13+,15?/m1/s1. The first kappa shape index (κ1) is 14.1. The molecule has 0 saturated heterocycles. The summed E-state index contributed by atoms with van der Waals surface area (Å²) in [7, 11) is 0. The zero-order valence-electron chi connectivity index (χ0n) is 12.0. The average Bonchev–Trinajstić information content (AvgIpc) is 2.95. The third kappa shape index (κ3) is 2.94. The number of hydrogen-bond donors (Lipinski definition) is 2. The van der Waals surface area contributed by atoms with Gasteiger partial charge in [-0.3, -0.25) is 9.59 Å². The van der Waals surface area contributed by atoms with Gasteiger partial charge in [0.15, 0.2) is 0 Å². The van der Waals surface area contributed by atoms with Crippen molar-refractivity contribution in [2.75, 3.05) is 0 Å². The molecule has 112 valence electrons. The number of fused-ring (bicyclic) bond motifs is 1. The summed E-state index contributed by atoms with van der Waals surface area (Å²) in [5.74, 6) is -1.04. The van der Waals surface area contributed by atoms with Crippen molar-refractivity contribution in [1.29, 1.82) is 0 Å². The smallest absolute Gasteiger partial charge is 0.306 e. The maximum Gasteiger partial charge on any atom is 0.306 e. The molecule has 21 heavy (non-hydrogen) atoms. The zero-order chi connectivity index (χ0) is 14.8. The molecule has 1 unspecified atom stereocenters. The van der Waals surface area contributed by atoms with Crippen molar-refractivity contribution >= 4 is 11.9 Å². The van der Waals surface area contributed by atoms with Crippen LogP contribution in [0, 0.1) is 5.92 Å². The number of nitrogens with one attached hydrogen (secondary N) is 1. The molecule has 1 fully saturated rings. The molecule has 0 bridgehead atoms. The van der Waals surface area contributed by atoms with Crippen molar-refractivity contribution < 1.29 is 14.7 Å². The largest absolute Gasteiger partial charge is 0.481 e. The summed E-state index contributed by atoms with van der Waals surface area (Å²) in [4.78, 5) is 23.5. The van der Waals surface area contributed by atoms with Crippen molar-refractivity contribution in [3.63, 3.8) is 0 Å². The van der Waals surface area contributed by atoms with Gasteiger partial charge < -0.3 is 10.4 Å². The molecule has 0 aliphatic heterocycles. The van der Waals surface area contributed by atoms with Gasteiger partial charge in [0.05, 0.1) is 11.8 Å². The van der Waals surface area contributed by atoms with E-state index in [1.165, 1.54) is 5.56 Å². The van der Waals surface area contributed by atoms with E-state index in [0.717, 1.165) is 31.2 Å². The first-order valence-electron chi connectivity index (χ1n) is 7.76. The highest BCUT2D eigenvalue weighted by atomic mass is 16.4. The van der Waals surface area contributed by atoms with Gasteiger partial charge in [0.1, 0.15) is 0 Å². The fourth-order valence-corrected chi connectivity index (χ4v) is 3.66. The van der Waals surface area contributed by atoms with Gasteiger partial charge in [-0.15, -0.1) is 0 Å². The summed E-state index contributed by atoms with van der Waals surface area (Å²) in [5, 5.41) is 12.1. The molecule has 1 aromatic rings. The summed E-state index contributed by atoms with van der Waals surface area (Å²) < 4.78 is 0. The normalized spacial score (nSPS) is 27.9. The highest BCUT2D eigenvalue weighted by Gasteiger charge is 2.33. The molecule has 1 aromatic carbocycles. The number of carbonyl (C=O) groups excluding carboxylic acids is 1. The van der Waals surface area contributed by atoms with E-state index in [9.17, 15) is 9.59 Å². The van der Waals surface area contributed by atoms with E-state index in [-0.39, 0.29) is 23.8 Å².